The summed E-state index contributed by atoms with van der Waals surface area (Å²) in [6.07, 6.45) is 6.06. The Balaban J connectivity index is 1.38. The minimum atomic E-state index is -0.270. The SMILES string of the molecule is O=C(Nc1cccc(C(=O)N2CCCC(C(=O)NC3CCCC3)C2)c1)c1ccc(Cl)cc1. The van der Waals surface area contributed by atoms with Crippen LogP contribution >= 0.6 is 11.6 Å². The number of nitrogens with one attached hydrogen (secondary N) is 2. The van der Waals surface area contributed by atoms with Gasteiger partial charge in [-0.05, 0) is 68.1 Å². The number of rotatable bonds is 5. The first-order chi connectivity index (χ1) is 15.5. The quantitative estimate of drug-likeness (QED) is 0.699. The fraction of sp³-hybridized carbons (Fsp3) is 0.400. The first kappa shape index (κ1) is 22.3. The second-order valence-electron chi connectivity index (χ2n) is 8.62. The van der Waals surface area contributed by atoms with E-state index in [0.717, 1.165) is 25.7 Å². The Morgan fingerprint density at radius 1 is 0.906 bits per heavy atom. The molecular formula is C25H28ClN3O3. The summed E-state index contributed by atoms with van der Waals surface area (Å²) >= 11 is 5.88. The predicted octanol–water partition coefficient (Wildman–Crippen LogP) is 4.50. The highest BCUT2D eigenvalue weighted by Gasteiger charge is 2.30. The average molecular weight is 454 g/mol. The molecule has 2 fully saturated rings. The number of carbonyl (C=O) groups is 3. The van der Waals surface area contributed by atoms with E-state index in [4.69, 9.17) is 11.6 Å². The maximum absolute atomic E-state index is 13.1. The highest BCUT2D eigenvalue weighted by molar-refractivity contribution is 6.30. The van der Waals surface area contributed by atoms with Crippen LogP contribution in [0.1, 0.15) is 59.2 Å². The Bertz CT molecular complexity index is 986. The van der Waals surface area contributed by atoms with E-state index in [-0.39, 0.29) is 29.7 Å². The minimum absolute atomic E-state index is 0.0679. The smallest absolute Gasteiger partial charge is 0.255 e. The van der Waals surface area contributed by atoms with Crippen molar-refractivity contribution in [3.05, 3.63) is 64.7 Å². The molecule has 1 heterocycles. The molecule has 7 heteroatoms. The van der Waals surface area contributed by atoms with Gasteiger partial charge in [0, 0.05) is 41.0 Å². The van der Waals surface area contributed by atoms with Gasteiger partial charge in [-0.1, -0.05) is 30.5 Å². The number of hydrogen-bond acceptors (Lipinski definition) is 3. The first-order valence-electron chi connectivity index (χ1n) is 11.3. The van der Waals surface area contributed by atoms with Gasteiger partial charge in [0.25, 0.3) is 11.8 Å². The zero-order valence-electron chi connectivity index (χ0n) is 18.0. The van der Waals surface area contributed by atoms with Gasteiger partial charge in [-0.25, -0.2) is 0 Å². The van der Waals surface area contributed by atoms with Crippen molar-refractivity contribution in [3.8, 4) is 0 Å². The van der Waals surface area contributed by atoms with E-state index < -0.39 is 0 Å². The van der Waals surface area contributed by atoms with Gasteiger partial charge in [0.05, 0.1) is 5.92 Å². The van der Waals surface area contributed by atoms with E-state index in [9.17, 15) is 14.4 Å². The molecule has 4 rings (SSSR count). The van der Waals surface area contributed by atoms with Crippen molar-refractivity contribution in [2.24, 2.45) is 5.92 Å². The summed E-state index contributed by atoms with van der Waals surface area (Å²) in [6.45, 7) is 1.06. The molecule has 1 saturated carbocycles. The summed E-state index contributed by atoms with van der Waals surface area (Å²) in [5.74, 6) is -0.488. The van der Waals surface area contributed by atoms with Crippen LogP contribution in [0.5, 0.6) is 0 Å². The summed E-state index contributed by atoms with van der Waals surface area (Å²) < 4.78 is 0. The standard InChI is InChI=1S/C25H28ClN3O3/c26-20-12-10-17(11-13-20)23(30)28-22-9-3-5-18(15-22)25(32)29-14-4-6-19(16-29)24(31)27-21-7-1-2-8-21/h3,5,9-13,15,19,21H,1-2,4,6-8,14,16H2,(H,27,31)(H,28,30). The van der Waals surface area contributed by atoms with Crippen LogP contribution in [0.15, 0.2) is 48.5 Å². The number of benzene rings is 2. The number of halogens is 1. The topological polar surface area (TPSA) is 78.5 Å². The van der Waals surface area contributed by atoms with Gasteiger partial charge >= 0.3 is 0 Å². The molecule has 0 aromatic heterocycles. The number of carbonyl (C=O) groups excluding carboxylic acids is 3. The Morgan fingerprint density at radius 2 is 1.66 bits per heavy atom. The van der Waals surface area contributed by atoms with Gasteiger partial charge in [0.2, 0.25) is 5.91 Å². The molecule has 32 heavy (non-hydrogen) atoms. The fourth-order valence-electron chi connectivity index (χ4n) is 4.48. The lowest BCUT2D eigenvalue weighted by Gasteiger charge is -2.32. The van der Waals surface area contributed by atoms with Crippen LogP contribution < -0.4 is 10.6 Å². The predicted molar refractivity (Wildman–Crippen MR) is 125 cm³/mol. The van der Waals surface area contributed by atoms with Crippen LogP contribution in [0.2, 0.25) is 5.02 Å². The van der Waals surface area contributed by atoms with Crippen LogP contribution in [0, 0.1) is 5.92 Å². The zero-order chi connectivity index (χ0) is 22.5. The molecule has 168 valence electrons. The molecule has 6 nitrogen and oxygen atoms in total. The minimum Gasteiger partial charge on any atom is -0.353 e. The number of amides is 3. The number of likely N-dealkylation sites (tertiary alicyclic amines) is 1. The van der Waals surface area contributed by atoms with Crippen LogP contribution in [0.25, 0.3) is 0 Å². The van der Waals surface area contributed by atoms with E-state index in [1.165, 1.54) is 12.8 Å². The molecular weight excluding hydrogens is 426 g/mol. The van der Waals surface area contributed by atoms with E-state index in [1.54, 1.807) is 53.4 Å². The van der Waals surface area contributed by atoms with Crippen molar-refractivity contribution in [1.29, 1.82) is 0 Å². The summed E-state index contributed by atoms with van der Waals surface area (Å²) in [4.78, 5) is 40.0. The third kappa shape index (κ3) is 5.49. The number of piperidine rings is 1. The van der Waals surface area contributed by atoms with Crippen LogP contribution in [-0.2, 0) is 4.79 Å². The molecule has 2 aromatic carbocycles. The Morgan fingerprint density at radius 3 is 2.41 bits per heavy atom. The maximum atomic E-state index is 13.1. The molecule has 3 amide bonds. The van der Waals surface area contributed by atoms with Gasteiger partial charge in [0.1, 0.15) is 0 Å². The molecule has 1 aliphatic carbocycles. The van der Waals surface area contributed by atoms with E-state index in [2.05, 4.69) is 10.6 Å². The first-order valence-corrected chi connectivity index (χ1v) is 11.6. The van der Waals surface area contributed by atoms with Gasteiger partial charge < -0.3 is 15.5 Å². The normalized spacial score (nSPS) is 18.9. The highest BCUT2D eigenvalue weighted by atomic mass is 35.5. The zero-order valence-corrected chi connectivity index (χ0v) is 18.7. The van der Waals surface area contributed by atoms with Crippen LogP contribution in [0.4, 0.5) is 5.69 Å². The van der Waals surface area contributed by atoms with Crippen LogP contribution in [0.3, 0.4) is 0 Å². The lowest BCUT2D eigenvalue weighted by molar-refractivity contribution is -0.127. The van der Waals surface area contributed by atoms with Crippen molar-refractivity contribution in [2.45, 2.75) is 44.6 Å². The summed E-state index contributed by atoms with van der Waals surface area (Å²) in [6, 6.07) is 13.8. The van der Waals surface area contributed by atoms with E-state index >= 15 is 0 Å². The number of hydrogen-bond donors (Lipinski definition) is 2. The third-order valence-corrected chi connectivity index (χ3v) is 6.51. The monoisotopic (exact) mass is 453 g/mol. The molecule has 2 aromatic rings. The molecule has 1 atom stereocenters. The van der Waals surface area contributed by atoms with Gasteiger partial charge in [-0.15, -0.1) is 0 Å². The fourth-order valence-corrected chi connectivity index (χ4v) is 4.61. The maximum Gasteiger partial charge on any atom is 0.255 e. The molecule has 1 unspecified atom stereocenters. The van der Waals surface area contributed by atoms with E-state index in [0.29, 0.717) is 34.9 Å². The van der Waals surface area contributed by atoms with Gasteiger partial charge in [-0.3, -0.25) is 14.4 Å². The summed E-state index contributed by atoms with van der Waals surface area (Å²) in [5.41, 5.74) is 1.53. The highest BCUT2D eigenvalue weighted by Crippen LogP contribution is 2.23. The molecule has 2 aliphatic rings. The third-order valence-electron chi connectivity index (χ3n) is 6.25. The van der Waals surface area contributed by atoms with E-state index in [1.807, 2.05) is 0 Å². The lowest BCUT2D eigenvalue weighted by atomic mass is 9.96. The van der Waals surface area contributed by atoms with Crippen LogP contribution in [-0.4, -0.2) is 41.8 Å². The number of nitrogens with zero attached hydrogens (tertiary/aromatic N) is 1. The van der Waals surface area contributed by atoms with Crippen molar-refractivity contribution < 1.29 is 14.4 Å². The largest absolute Gasteiger partial charge is 0.353 e. The lowest BCUT2D eigenvalue weighted by Crippen LogP contribution is -2.47. The summed E-state index contributed by atoms with van der Waals surface area (Å²) in [7, 11) is 0. The molecule has 2 N–H and O–H groups in total. The number of anilines is 1. The molecule has 1 aliphatic heterocycles. The van der Waals surface area contributed by atoms with Crippen molar-refractivity contribution in [1.82, 2.24) is 10.2 Å². The average Bonchev–Trinajstić information content (AvgIpc) is 3.32. The van der Waals surface area contributed by atoms with Crippen molar-refractivity contribution >= 4 is 35.0 Å². The molecule has 1 saturated heterocycles. The molecule has 0 spiro atoms. The van der Waals surface area contributed by atoms with Gasteiger partial charge in [0.15, 0.2) is 0 Å². The second kappa shape index (κ2) is 10.2. The molecule has 0 bridgehead atoms. The second-order valence-corrected chi connectivity index (χ2v) is 9.06. The Kier molecular flexibility index (Phi) is 7.10. The summed E-state index contributed by atoms with van der Waals surface area (Å²) in [5, 5.41) is 6.55. The Labute approximate surface area is 193 Å². The van der Waals surface area contributed by atoms with Crippen molar-refractivity contribution in [3.63, 3.8) is 0 Å². The van der Waals surface area contributed by atoms with Gasteiger partial charge in [-0.2, -0.15) is 0 Å². The Hall–Kier alpha value is -2.86. The van der Waals surface area contributed by atoms with Crippen molar-refractivity contribution in [2.75, 3.05) is 18.4 Å². The molecule has 0 radical (unpaired) electrons.